The van der Waals surface area contributed by atoms with E-state index in [1.165, 1.54) is 32.1 Å². The molecule has 1 N–H and O–H groups in total. The molecule has 1 unspecified atom stereocenters. The molecule has 1 atom stereocenters. The van der Waals surface area contributed by atoms with E-state index in [-0.39, 0.29) is 0 Å². The van der Waals surface area contributed by atoms with E-state index in [4.69, 9.17) is 4.74 Å². The molecule has 0 radical (unpaired) electrons. The van der Waals surface area contributed by atoms with Gasteiger partial charge in [0.05, 0.1) is 6.26 Å². The summed E-state index contributed by atoms with van der Waals surface area (Å²) in [6.07, 6.45) is 16.0. The lowest BCUT2D eigenvalue weighted by Crippen LogP contribution is -2.24. The lowest BCUT2D eigenvalue weighted by molar-refractivity contribution is 0.163. The number of allylic oxidation sites excluding steroid dienone is 1. The number of hydrogen-bond acceptors (Lipinski definition) is 2. The van der Waals surface area contributed by atoms with Gasteiger partial charge in [-0.25, -0.2) is 0 Å². The molecule has 0 aromatic rings. The van der Waals surface area contributed by atoms with Crippen molar-refractivity contribution in [1.29, 1.82) is 0 Å². The fourth-order valence-electron chi connectivity index (χ4n) is 3.00. The highest BCUT2D eigenvalue weighted by Gasteiger charge is 2.19. The highest BCUT2D eigenvalue weighted by atomic mass is 16.5. The van der Waals surface area contributed by atoms with Crippen LogP contribution < -0.4 is 5.32 Å². The van der Waals surface area contributed by atoms with Gasteiger partial charge < -0.3 is 10.1 Å². The minimum Gasteiger partial charge on any atom is -0.494 e. The number of rotatable bonds is 5. The number of ether oxygens (including phenoxy) is 1. The van der Waals surface area contributed by atoms with Crippen LogP contribution in [0.5, 0.6) is 0 Å². The van der Waals surface area contributed by atoms with Crippen molar-refractivity contribution < 1.29 is 4.74 Å². The topological polar surface area (TPSA) is 21.3 Å². The van der Waals surface area contributed by atoms with Crippen molar-refractivity contribution in [2.24, 2.45) is 5.92 Å². The second kappa shape index (κ2) is 7.63. The average molecular weight is 249 g/mol. The maximum atomic E-state index is 5.69. The van der Waals surface area contributed by atoms with Gasteiger partial charge in [-0.2, -0.15) is 0 Å². The summed E-state index contributed by atoms with van der Waals surface area (Å²) in [6, 6.07) is 0. The van der Waals surface area contributed by atoms with Gasteiger partial charge >= 0.3 is 0 Å². The van der Waals surface area contributed by atoms with E-state index in [0.29, 0.717) is 6.10 Å². The molecule has 1 heterocycles. The predicted octanol–water partition coefficient (Wildman–Crippen LogP) is 3.80. The number of likely N-dealkylation sites (N-methyl/N-ethyl adjacent to an activating group) is 1. The molecule has 0 spiro atoms. The van der Waals surface area contributed by atoms with E-state index in [1.54, 1.807) is 5.57 Å². The summed E-state index contributed by atoms with van der Waals surface area (Å²) in [6.45, 7) is 4.28. The molecule has 2 nitrogen and oxygen atoms in total. The Hall–Kier alpha value is -0.760. The van der Waals surface area contributed by atoms with Crippen LogP contribution in [0.3, 0.4) is 0 Å². The summed E-state index contributed by atoms with van der Waals surface area (Å²) >= 11 is 0. The van der Waals surface area contributed by atoms with Crippen molar-refractivity contribution in [2.45, 2.75) is 58.0 Å². The minimum absolute atomic E-state index is 0.311. The highest BCUT2D eigenvalue weighted by Crippen LogP contribution is 2.30. The SMILES string of the molecule is CCNCC(=CC1CCC=CO1)C1CCCCC1. The van der Waals surface area contributed by atoms with Gasteiger partial charge in [-0.05, 0) is 50.3 Å². The van der Waals surface area contributed by atoms with Crippen LogP contribution in [0.1, 0.15) is 51.9 Å². The number of hydrogen-bond donors (Lipinski definition) is 1. The van der Waals surface area contributed by atoms with Crippen molar-refractivity contribution >= 4 is 0 Å². The second-order valence-electron chi connectivity index (χ2n) is 5.48. The molecular weight excluding hydrogens is 222 g/mol. The summed E-state index contributed by atoms with van der Waals surface area (Å²) in [7, 11) is 0. The first-order valence-electron chi connectivity index (χ1n) is 7.62. The first-order valence-corrected chi connectivity index (χ1v) is 7.62. The van der Waals surface area contributed by atoms with Crippen LogP contribution in [0.15, 0.2) is 24.0 Å². The van der Waals surface area contributed by atoms with E-state index in [9.17, 15) is 0 Å². The van der Waals surface area contributed by atoms with Crippen LogP contribution >= 0.6 is 0 Å². The third-order valence-corrected chi connectivity index (χ3v) is 4.08. The summed E-state index contributed by atoms with van der Waals surface area (Å²) in [5.41, 5.74) is 1.59. The molecule has 2 rings (SSSR count). The molecule has 1 fully saturated rings. The molecule has 2 heteroatoms. The molecule has 18 heavy (non-hydrogen) atoms. The molecule has 0 amide bonds. The fraction of sp³-hybridized carbons (Fsp3) is 0.750. The molecule has 2 aliphatic rings. The molecule has 1 aliphatic carbocycles. The van der Waals surface area contributed by atoms with Gasteiger partial charge in [-0.3, -0.25) is 0 Å². The van der Waals surface area contributed by atoms with E-state index in [2.05, 4.69) is 24.4 Å². The predicted molar refractivity (Wildman–Crippen MR) is 76.4 cm³/mol. The average Bonchev–Trinajstić information content (AvgIpc) is 2.45. The summed E-state index contributed by atoms with van der Waals surface area (Å²) in [5, 5.41) is 3.49. The van der Waals surface area contributed by atoms with Crippen LogP contribution in [0.2, 0.25) is 0 Å². The lowest BCUT2D eigenvalue weighted by atomic mass is 9.83. The highest BCUT2D eigenvalue weighted by molar-refractivity contribution is 5.13. The summed E-state index contributed by atoms with van der Waals surface area (Å²) < 4.78 is 5.69. The zero-order valence-electron chi connectivity index (χ0n) is 11.7. The summed E-state index contributed by atoms with van der Waals surface area (Å²) in [4.78, 5) is 0. The normalized spacial score (nSPS) is 26.1. The standard InChI is InChI=1S/C16H27NO/c1-2-17-13-15(14-8-4-3-5-9-14)12-16-10-6-7-11-18-16/h7,11-12,14,16-17H,2-6,8-10,13H2,1H3. The summed E-state index contributed by atoms with van der Waals surface area (Å²) in [5.74, 6) is 0.798. The van der Waals surface area contributed by atoms with E-state index >= 15 is 0 Å². The van der Waals surface area contributed by atoms with Gasteiger partial charge in [0, 0.05) is 6.54 Å². The minimum atomic E-state index is 0.311. The van der Waals surface area contributed by atoms with Crippen LogP contribution in [0.4, 0.5) is 0 Å². The molecular formula is C16H27NO. The van der Waals surface area contributed by atoms with Gasteiger partial charge in [-0.15, -0.1) is 0 Å². The first kappa shape index (κ1) is 13.7. The van der Waals surface area contributed by atoms with Crippen molar-refractivity contribution in [2.75, 3.05) is 13.1 Å². The molecule has 0 aromatic carbocycles. The Labute approximate surface area is 111 Å². The first-order chi connectivity index (χ1) is 8.90. The third-order valence-electron chi connectivity index (χ3n) is 4.08. The fourth-order valence-corrected chi connectivity index (χ4v) is 3.00. The van der Waals surface area contributed by atoms with Gasteiger partial charge in [0.15, 0.2) is 0 Å². The largest absolute Gasteiger partial charge is 0.494 e. The monoisotopic (exact) mass is 249 g/mol. The molecule has 0 aromatic heterocycles. The Bertz CT molecular complexity index is 289. The quantitative estimate of drug-likeness (QED) is 0.748. The Kier molecular flexibility index (Phi) is 5.79. The van der Waals surface area contributed by atoms with Crippen molar-refractivity contribution in [1.82, 2.24) is 5.32 Å². The zero-order valence-corrected chi connectivity index (χ0v) is 11.7. The van der Waals surface area contributed by atoms with Crippen LogP contribution in [0, 0.1) is 5.92 Å². The van der Waals surface area contributed by atoms with Crippen molar-refractivity contribution in [3.63, 3.8) is 0 Å². The van der Waals surface area contributed by atoms with Gasteiger partial charge in [-0.1, -0.05) is 31.8 Å². The van der Waals surface area contributed by atoms with Gasteiger partial charge in [0.2, 0.25) is 0 Å². The Morgan fingerprint density at radius 2 is 2.11 bits per heavy atom. The maximum absolute atomic E-state index is 5.69. The molecule has 0 saturated heterocycles. The van der Waals surface area contributed by atoms with Crippen LogP contribution in [0.25, 0.3) is 0 Å². The second-order valence-corrected chi connectivity index (χ2v) is 5.48. The van der Waals surface area contributed by atoms with Gasteiger partial charge in [0.25, 0.3) is 0 Å². The maximum Gasteiger partial charge on any atom is 0.117 e. The Morgan fingerprint density at radius 3 is 2.78 bits per heavy atom. The third kappa shape index (κ3) is 4.16. The van der Waals surface area contributed by atoms with E-state index in [0.717, 1.165) is 31.8 Å². The molecule has 1 saturated carbocycles. The van der Waals surface area contributed by atoms with E-state index in [1.807, 2.05) is 6.26 Å². The lowest BCUT2D eigenvalue weighted by Gasteiger charge is -2.27. The molecule has 102 valence electrons. The van der Waals surface area contributed by atoms with Crippen LogP contribution in [-0.2, 0) is 4.74 Å². The van der Waals surface area contributed by atoms with Gasteiger partial charge in [0.1, 0.15) is 6.10 Å². The Morgan fingerprint density at radius 1 is 1.28 bits per heavy atom. The zero-order chi connectivity index (χ0) is 12.6. The molecule has 0 bridgehead atoms. The Balaban J connectivity index is 1.97. The van der Waals surface area contributed by atoms with Crippen LogP contribution in [-0.4, -0.2) is 19.2 Å². The van der Waals surface area contributed by atoms with Crippen molar-refractivity contribution in [3.8, 4) is 0 Å². The smallest absolute Gasteiger partial charge is 0.117 e. The number of nitrogens with one attached hydrogen (secondary N) is 1. The van der Waals surface area contributed by atoms with Crippen molar-refractivity contribution in [3.05, 3.63) is 24.0 Å². The van der Waals surface area contributed by atoms with E-state index < -0.39 is 0 Å². The molecule has 1 aliphatic heterocycles.